The minimum Gasteiger partial charge on any atom is -0.366 e. The Hall–Kier alpha value is -1.35. The van der Waals surface area contributed by atoms with E-state index in [1.165, 1.54) is 6.07 Å². The van der Waals surface area contributed by atoms with Gasteiger partial charge >= 0.3 is 6.61 Å². The number of ether oxygens (including phenoxy) is 1. The number of nitro groups is 1. The second-order valence-electron chi connectivity index (χ2n) is 5.20. The number of hydrogen-bond donors (Lipinski definition) is 1. The molecule has 6 nitrogen and oxygen atoms in total. The van der Waals surface area contributed by atoms with E-state index in [2.05, 4.69) is 31.0 Å². The Labute approximate surface area is 134 Å². The summed E-state index contributed by atoms with van der Waals surface area (Å²) in [5.41, 5.74) is 0.275. The van der Waals surface area contributed by atoms with Crippen LogP contribution in [0.3, 0.4) is 0 Å². The molecule has 22 heavy (non-hydrogen) atoms. The molecule has 1 N–H and O–H groups in total. The van der Waals surface area contributed by atoms with Crippen LogP contribution in [0.4, 0.5) is 20.3 Å². The average Bonchev–Trinajstić information content (AvgIpc) is 2.43. The van der Waals surface area contributed by atoms with Gasteiger partial charge in [-0.25, -0.2) is 4.98 Å². The number of rotatable bonds is 5. The van der Waals surface area contributed by atoms with Crippen molar-refractivity contribution in [1.29, 1.82) is 0 Å². The average molecular weight is 380 g/mol. The molecular formula is C13H16BrF2N3O3. The molecule has 0 bridgehead atoms. The number of nitrogens with zero attached hydrogens (tertiary/aromatic N) is 2. The SMILES string of the molecule is Cc1nc(N[C@H]2CC[C@H](OC(F)F)CC2)c(Br)cc1[N+](=O)[O-]. The highest BCUT2D eigenvalue weighted by molar-refractivity contribution is 9.10. The molecule has 0 aliphatic heterocycles. The second kappa shape index (κ2) is 7.28. The molecule has 1 aromatic heterocycles. The van der Waals surface area contributed by atoms with Gasteiger partial charge in [-0.05, 0) is 48.5 Å². The van der Waals surface area contributed by atoms with E-state index in [0.717, 1.165) is 0 Å². The Morgan fingerprint density at radius 1 is 1.45 bits per heavy atom. The number of aromatic nitrogens is 1. The molecule has 1 saturated carbocycles. The van der Waals surface area contributed by atoms with Gasteiger partial charge in [-0.1, -0.05) is 0 Å². The Bertz CT molecular complexity index is 552. The second-order valence-corrected chi connectivity index (χ2v) is 6.05. The highest BCUT2D eigenvalue weighted by Crippen LogP contribution is 2.31. The number of aryl methyl sites for hydroxylation is 1. The number of alkyl halides is 2. The third-order valence-electron chi connectivity index (χ3n) is 3.65. The standard InChI is InChI=1S/C13H16BrF2N3O3/c1-7-11(19(20)21)6-10(14)12(17-7)18-8-2-4-9(5-3-8)22-13(15)16/h6,8-9,13H,2-5H2,1H3,(H,17,18)/t8-,9-. The van der Waals surface area contributed by atoms with Crippen LogP contribution in [-0.4, -0.2) is 28.7 Å². The fourth-order valence-corrected chi connectivity index (χ4v) is 2.96. The summed E-state index contributed by atoms with van der Waals surface area (Å²) in [6.45, 7) is -1.16. The monoisotopic (exact) mass is 379 g/mol. The van der Waals surface area contributed by atoms with Gasteiger partial charge in [0.2, 0.25) is 0 Å². The fraction of sp³-hybridized carbons (Fsp3) is 0.615. The van der Waals surface area contributed by atoms with E-state index in [0.29, 0.717) is 41.7 Å². The molecule has 1 aromatic rings. The highest BCUT2D eigenvalue weighted by Gasteiger charge is 2.25. The Morgan fingerprint density at radius 3 is 2.64 bits per heavy atom. The van der Waals surface area contributed by atoms with Crippen LogP contribution in [0.2, 0.25) is 0 Å². The maximum Gasteiger partial charge on any atom is 0.345 e. The first-order valence-electron chi connectivity index (χ1n) is 6.88. The minimum absolute atomic E-state index is 0.0496. The van der Waals surface area contributed by atoms with Crippen LogP contribution in [0, 0.1) is 17.0 Å². The predicted molar refractivity (Wildman–Crippen MR) is 80.1 cm³/mol. The molecular weight excluding hydrogens is 364 g/mol. The summed E-state index contributed by atoms with van der Waals surface area (Å²) in [5, 5.41) is 14.1. The molecule has 122 valence electrons. The van der Waals surface area contributed by atoms with Crippen molar-refractivity contribution in [2.75, 3.05) is 5.32 Å². The number of pyridine rings is 1. The van der Waals surface area contributed by atoms with Gasteiger partial charge in [-0.2, -0.15) is 8.78 Å². The predicted octanol–water partition coefficient (Wildman–Crippen LogP) is 4.02. The lowest BCUT2D eigenvalue weighted by Gasteiger charge is -2.29. The quantitative estimate of drug-likeness (QED) is 0.617. The Balaban J connectivity index is 1.98. The van der Waals surface area contributed by atoms with Crippen LogP contribution in [0.15, 0.2) is 10.5 Å². The van der Waals surface area contributed by atoms with Crippen molar-refractivity contribution in [2.24, 2.45) is 0 Å². The van der Waals surface area contributed by atoms with Gasteiger partial charge in [0, 0.05) is 12.1 Å². The van der Waals surface area contributed by atoms with Gasteiger partial charge in [0.15, 0.2) is 0 Å². The summed E-state index contributed by atoms with van der Waals surface area (Å²) in [6.07, 6.45) is 2.05. The number of hydrogen-bond acceptors (Lipinski definition) is 5. The molecule has 2 rings (SSSR count). The van der Waals surface area contributed by atoms with Crippen molar-refractivity contribution < 1.29 is 18.4 Å². The molecule has 1 fully saturated rings. The first kappa shape index (κ1) is 17.0. The zero-order chi connectivity index (χ0) is 16.3. The molecule has 1 aliphatic carbocycles. The zero-order valence-corrected chi connectivity index (χ0v) is 13.5. The largest absolute Gasteiger partial charge is 0.366 e. The number of anilines is 1. The molecule has 0 saturated heterocycles. The number of halogens is 3. The Kier molecular flexibility index (Phi) is 5.63. The molecule has 0 radical (unpaired) electrons. The lowest BCUT2D eigenvalue weighted by atomic mass is 9.93. The van der Waals surface area contributed by atoms with Crippen molar-refractivity contribution in [1.82, 2.24) is 4.98 Å². The van der Waals surface area contributed by atoms with Crippen LogP contribution in [0.5, 0.6) is 0 Å². The third-order valence-corrected chi connectivity index (χ3v) is 4.25. The summed E-state index contributed by atoms with van der Waals surface area (Å²) in [4.78, 5) is 14.6. The summed E-state index contributed by atoms with van der Waals surface area (Å²) in [7, 11) is 0. The number of nitrogens with one attached hydrogen (secondary N) is 1. The summed E-state index contributed by atoms with van der Waals surface area (Å²) >= 11 is 3.27. The molecule has 9 heteroatoms. The van der Waals surface area contributed by atoms with Gasteiger partial charge in [-0.3, -0.25) is 10.1 Å². The van der Waals surface area contributed by atoms with E-state index in [9.17, 15) is 18.9 Å². The molecule has 1 aliphatic rings. The maximum absolute atomic E-state index is 12.2. The van der Waals surface area contributed by atoms with Gasteiger partial charge < -0.3 is 10.1 Å². The molecule has 0 atom stereocenters. The summed E-state index contributed by atoms with van der Waals surface area (Å²) in [5.74, 6) is 0.529. The molecule has 0 amide bonds. The van der Waals surface area contributed by atoms with Gasteiger partial charge in [0.1, 0.15) is 11.5 Å². The topological polar surface area (TPSA) is 77.3 Å². The Morgan fingerprint density at radius 2 is 2.09 bits per heavy atom. The summed E-state index contributed by atoms with van der Waals surface area (Å²) in [6, 6.07) is 1.50. The lowest BCUT2D eigenvalue weighted by Crippen LogP contribution is -2.31. The molecule has 0 unspecified atom stereocenters. The first-order valence-corrected chi connectivity index (χ1v) is 7.67. The highest BCUT2D eigenvalue weighted by atomic mass is 79.9. The van der Waals surface area contributed by atoms with Crippen molar-refractivity contribution >= 4 is 27.4 Å². The van der Waals surface area contributed by atoms with Crippen LogP contribution in [0.25, 0.3) is 0 Å². The third kappa shape index (κ3) is 4.33. The normalized spacial score (nSPS) is 21.9. The molecule has 1 heterocycles. The van der Waals surface area contributed by atoms with Crippen molar-refractivity contribution in [2.45, 2.75) is 51.4 Å². The van der Waals surface area contributed by atoms with Crippen molar-refractivity contribution in [3.8, 4) is 0 Å². The van der Waals surface area contributed by atoms with E-state index in [4.69, 9.17) is 0 Å². The van der Waals surface area contributed by atoms with Crippen LogP contribution in [0.1, 0.15) is 31.4 Å². The van der Waals surface area contributed by atoms with Crippen LogP contribution in [-0.2, 0) is 4.74 Å². The summed E-state index contributed by atoms with van der Waals surface area (Å²) < 4.78 is 29.3. The van der Waals surface area contributed by atoms with Gasteiger partial charge in [-0.15, -0.1) is 0 Å². The lowest BCUT2D eigenvalue weighted by molar-refractivity contribution is -0.385. The van der Waals surface area contributed by atoms with Crippen molar-refractivity contribution in [3.05, 3.63) is 26.3 Å². The van der Waals surface area contributed by atoms with Gasteiger partial charge in [0.05, 0.1) is 15.5 Å². The van der Waals surface area contributed by atoms with Crippen LogP contribution < -0.4 is 5.32 Å². The zero-order valence-electron chi connectivity index (χ0n) is 11.9. The minimum atomic E-state index is -2.73. The van der Waals surface area contributed by atoms with E-state index in [-0.39, 0.29) is 11.7 Å². The van der Waals surface area contributed by atoms with Crippen molar-refractivity contribution in [3.63, 3.8) is 0 Å². The van der Waals surface area contributed by atoms with E-state index >= 15 is 0 Å². The maximum atomic E-state index is 12.2. The van der Waals surface area contributed by atoms with E-state index < -0.39 is 17.6 Å². The van der Waals surface area contributed by atoms with E-state index in [1.54, 1.807) is 6.92 Å². The van der Waals surface area contributed by atoms with E-state index in [1.807, 2.05) is 0 Å². The van der Waals surface area contributed by atoms with Gasteiger partial charge in [0.25, 0.3) is 5.69 Å². The van der Waals surface area contributed by atoms with Crippen LogP contribution >= 0.6 is 15.9 Å². The smallest absolute Gasteiger partial charge is 0.345 e. The fourth-order valence-electron chi connectivity index (χ4n) is 2.54. The first-order chi connectivity index (χ1) is 10.4. The molecule has 0 aromatic carbocycles. The molecule has 0 spiro atoms.